The Morgan fingerprint density at radius 1 is 1.33 bits per heavy atom. The Balaban J connectivity index is 2.06. The van der Waals surface area contributed by atoms with Crippen LogP contribution in [-0.4, -0.2) is 21.7 Å². The number of rotatable bonds is 5. The molecular weight excluding hydrogens is 316 g/mol. The van der Waals surface area contributed by atoms with Crippen LogP contribution in [0, 0.1) is 0 Å². The molecule has 1 heterocycles. The molecule has 96 valence electrons. The molecule has 0 aliphatic rings. The summed E-state index contributed by atoms with van der Waals surface area (Å²) in [5.74, 6) is 1.66. The third-order valence-corrected chi connectivity index (χ3v) is 3.15. The van der Waals surface area contributed by atoms with Crippen LogP contribution in [0.3, 0.4) is 0 Å². The Kier molecular flexibility index (Phi) is 4.74. The molecule has 0 aliphatic heterocycles. The number of benzene rings is 1. The quantitative estimate of drug-likeness (QED) is 0.886. The van der Waals surface area contributed by atoms with Crippen molar-refractivity contribution in [2.75, 3.05) is 6.54 Å². The van der Waals surface area contributed by atoms with Crippen molar-refractivity contribution in [3.63, 3.8) is 0 Å². The van der Waals surface area contributed by atoms with E-state index in [2.05, 4.69) is 31.1 Å². The second-order valence-electron chi connectivity index (χ2n) is 4.05. The average Bonchev–Trinajstić information content (AvgIpc) is 2.72. The fourth-order valence-corrected chi connectivity index (χ4v) is 2.62. The van der Waals surface area contributed by atoms with Crippen molar-refractivity contribution >= 4 is 27.5 Å². The minimum absolute atomic E-state index is 0.658. The molecule has 0 bridgehead atoms. The van der Waals surface area contributed by atoms with Crippen molar-refractivity contribution in [3.05, 3.63) is 44.9 Å². The van der Waals surface area contributed by atoms with Gasteiger partial charge in [0.25, 0.3) is 0 Å². The summed E-state index contributed by atoms with van der Waals surface area (Å²) in [5.41, 5.74) is 6.55. The third-order valence-electron chi connectivity index (χ3n) is 2.48. The van der Waals surface area contributed by atoms with Crippen molar-refractivity contribution in [1.82, 2.24) is 15.2 Å². The summed E-state index contributed by atoms with van der Waals surface area (Å²) in [5, 5.41) is 7.81. The lowest BCUT2D eigenvalue weighted by Gasteiger charge is -2.00. The average molecular weight is 330 g/mol. The molecule has 2 rings (SSSR count). The monoisotopic (exact) mass is 328 g/mol. The Labute approximate surface area is 119 Å². The molecule has 3 N–H and O–H groups in total. The zero-order chi connectivity index (χ0) is 13.0. The van der Waals surface area contributed by atoms with Crippen molar-refractivity contribution in [3.8, 4) is 0 Å². The summed E-state index contributed by atoms with van der Waals surface area (Å²) in [7, 11) is 0. The fourth-order valence-electron chi connectivity index (χ4n) is 1.69. The van der Waals surface area contributed by atoms with Gasteiger partial charge in [-0.15, -0.1) is 0 Å². The molecule has 4 nitrogen and oxygen atoms in total. The van der Waals surface area contributed by atoms with E-state index in [4.69, 9.17) is 17.3 Å². The number of aromatic amines is 1. The second-order valence-corrected chi connectivity index (χ2v) is 5.40. The van der Waals surface area contributed by atoms with Gasteiger partial charge in [0.2, 0.25) is 0 Å². The van der Waals surface area contributed by atoms with E-state index in [1.54, 1.807) is 0 Å². The molecule has 1 aromatic heterocycles. The van der Waals surface area contributed by atoms with Crippen LogP contribution >= 0.6 is 27.5 Å². The Bertz CT molecular complexity index is 506. The number of aromatic nitrogens is 3. The first kappa shape index (κ1) is 13.5. The molecule has 0 fully saturated rings. The number of H-pyrrole nitrogens is 1. The number of halogens is 2. The van der Waals surface area contributed by atoms with E-state index in [1.165, 1.54) is 0 Å². The molecule has 0 atom stereocenters. The number of aryl methyl sites for hydroxylation is 1. The maximum Gasteiger partial charge on any atom is 0.150 e. The zero-order valence-electron chi connectivity index (χ0n) is 9.79. The fraction of sp³-hybridized carbons (Fsp3) is 0.333. The molecule has 6 heteroatoms. The highest BCUT2D eigenvalue weighted by Gasteiger charge is 2.05. The highest BCUT2D eigenvalue weighted by molar-refractivity contribution is 9.10. The Morgan fingerprint density at radius 2 is 2.17 bits per heavy atom. The molecular formula is C12H14BrClN4. The second kappa shape index (κ2) is 6.31. The standard InChI is InChI=1S/C12H14BrClN4/c13-9-4-8(5-10(14)7-9)6-12-16-11(17-18-12)2-1-3-15/h4-5,7H,1-3,6,15H2,(H,16,17,18). The smallest absolute Gasteiger partial charge is 0.150 e. The van der Waals surface area contributed by atoms with Gasteiger partial charge in [0.05, 0.1) is 0 Å². The molecule has 0 aliphatic carbocycles. The van der Waals surface area contributed by atoms with E-state index in [0.29, 0.717) is 18.0 Å². The number of hydrogen-bond donors (Lipinski definition) is 2. The molecule has 0 amide bonds. The first-order valence-corrected chi connectivity index (χ1v) is 6.89. The highest BCUT2D eigenvalue weighted by atomic mass is 79.9. The Hall–Kier alpha value is -0.910. The molecule has 18 heavy (non-hydrogen) atoms. The lowest BCUT2D eigenvalue weighted by molar-refractivity contribution is 0.785. The van der Waals surface area contributed by atoms with Gasteiger partial charge in [-0.05, 0) is 36.7 Å². The number of nitrogens with zero attached hydrogens (tertiary/aromatic N) is 2. The van der Waals surface area contributed by atoms with Gasteiger partial charge in [0.1, 0.15) is 5.82 Å². The van der Waals surface area contributed by atoms with Gasteiger partial charge in [0.15, 0.2) is 5.82 Å². The third kappa shape index (κ3) is 3.80. The topological polar surface area (TPSA) is 67.6 Å². The maximum absolute atomic E-state index is 6.00. The lowest BCUT2D eigenvalue weighted by atomic mass is 10.1. The Morgan fingerprint density at radius 3 is 2.89 bits per heavy atom. The van der Waals surface area contributed by atoms with Crippen molar-refractivity contribution in [1.29, 1.82) is 0 Å². The summed E-state index contributed by atoms with van der Waals surface area (Å²) >= 11 is 9.42. The van der Waals surface area contributed by atoms with E-state index >= 15 is 0 Å². The van der Waals surface area contributed by atoms with Gasteiger partial charge >= 0.3 is 0 Å². The summed E-state index contributed by atoms with van der Waals surface area (Å²) in [6.45, 7) is 0.658. The molecule has 0 unspecified atom stereocenters. The van der Waals surface area contributed by atoms with E-state index in [0.717, 1.165) is 34.5 Å². The molecule has 0 saturated heterocycles. The predicted octanol–water partition coefficient (Wildman–Crippen LogP) is 2.70. The van der Waals surface area contributed by atoms with Crippen LogP contribution in [0.1, 0.15) is 23.6 Å². The molecule has 2 aromatic rings. The largest absolute Gasteiger partial charge is 0.330 e. The van der Waals surface area contributed by atoms with Crippen LogP contribution in [0.2, 0.25) is 5.02 Å². The lowest BCUT2D eigenvalue weighted by Crippen LogP contribution is -2.01. The number of nitrogens with two attached hydrogens (primary N) is 1. The van der Waals surface area contributed by atoms with Crippen LogP contribution < -0.4 is 5.73 Å². The van der Waals surface area contributed by atoms with Gasteiger partial charge < -0.3 is 5.73 Å². The highest BCUT2D eigenvalue weighted by Crippen LogP contribution is 2.20. The van der Waals surface area contributed by atoms with Gasteiger partial charge in [0, 0.05) is 22.3 Å². The summed E-state index contributed by atoms with van der Waals surface area (Å²) in [6.07, 6.45) is 2.40. The van der Waals surface area contributed by atoms with E-state index in [9.17, 15) is 0 Å². The van der Waals surface area contributed by atoms with Gasteiger partial charge in [-0.3, -0.25) is 5.10 Å². The van der Waals surface area contributed by atoms with Gasteiger partial charge in [-0.2, -0.15) is 5.10 Å². The van der Waals surface area contributed by atoms with Crippen molar-refractivity contribution in [2.45, 2.75) is 19.3 Å². The number of nitrogens with one attached hydrogen (secondary N) is 1. The van der Waals surface area contributed by atoms with Crippen LogP contribution in [0.4, 0.5) is 0 Å². The van der Waals surface area contributed by atoms with Crippen molar-refractivity contribution < 1.29 is 0 Å². The summed E-state index contributed by atoms with van der Waals surface area (Å²) in [6, 6.07) is 5.81. The zero-order valence-corrected chi connectivity index (χ0v) is 12.1. The summed E-state index contributed by atoms with van der Waals surface area (Å²) in [4.78, 5) is 4.42. The van der Waals surface area contributed by atoms with Crippen molar-refractivity contribution in [2.24, 2.45) is 5.73 Å². The molecule has 0 spiro atoms. The van der Waals surface area contributed by atoms with Gasteiger partial charge in [-0.25, -0.2) is 4.98 Å². The molecule has 1 aromatic carbocycles. The first-order valence-electron chi connectivity index (χ1n) is 5.72. The molecule has 0 radical (unpaired) electrons. The van der Waals surface area contributed by atoms with E-state index in [-0.39, 0.29) is 0 Å². The molecule has 0 saturated carbocycles. The van der Waals surface area contributed by atoms with E-state index < -0.39 is 0 Å². The van der Waals surface area contributed by atoms with Crippen LogP contribution in [0.25, 0.3) is 0 Å². The van der Waals surface area contributed by atoms with E-state index in [1.807, 2.05) is 18.2 Å². The normalized spacial score (nSPS) is 10.8. The minimum atomic E-state index is 0.658. The SMILES string of the molecule is NCCCc1n[nH]c(Cc2cc(Cl)cc(Br)c2)n1. The maximum atomic E-state index is 6.00. The van der Waals surface area contributed by atoms with Crippen LogP contribution in [0.5, 0.6) is 0 Å². The first-order chi connectivity index (χ1) is 8.67. The van der Waals surface area contributed by atoms with Gasteiger partial charge in [-0.1, -0.05) is 27.5 Å². The predicted molar refractivity (Wildman–Crippen MR) is 75.7 cm³/mol. The number of hydrogen-bond acceptors (Lipinski definition) is 3. The summed E-state index contributed by atoms with van der Waals surface area (Å²) < 4.78 is 0.966. The van der Waals surface area contributed by atoms with Crippen LogP contribution in [-0.2, 0) is 12.8 Å². The minimum Gasteiger partial charge on any atom is -0.330 e. The van der Waals surface area contributed by atoms with Crippen LogP contribution in [0.15, 0.2) is 22.7 Å².